The van der Waals surface area contributed by atoms with Crippen LogP contribution in [0.4, 0.5) is 4.39 Å². The molecule has 1 aromatic carbocycles. The lowest BCUT2D eigenvalue weighted by molar-refractivity contribution is 0.176. The molecule has 84 valence electrons. The van der Waals surface area contributed by atoms with Crippen LogP contribution in [-0.4, -0.2) is 11.2 Å². The Morgan fingerprint density at radius 1 is 1.12 bits per heavy atom. The highest BCUT2D eigenvalue weighted by Crippen LogP contribution is 2.14. The Hall–Kier alpha value is -1.19. The van der Waals surface area contributed by atoms with Gasteiger partial charge < -0.3 is 5.11 Å². The van der Waals surface area contributed by atoms with Gasteiger partial charge in [0.1, 0.15) is 5.82 Å². The van der Waals surface area contributed by atoms with Crippen molar-refractivity contribution in [2.45, 2.75) is 18.9 Å². The van der Waals surface area contributed by atoms with Gasteiger partial charge in [0.25, 0.3) is 0 Å². The van der Waals surface area contributed by atoms with E-state index in [-0.39, 0.29) is 5.82 Å². The second-order valence-electron chi connectivity index (χ2n) is 3.77. The summed E-state index contributed by atoms with van der Waals surface area (Å²) in [6.07, 6.45) is 0.830. The summed E-state index contributed by atoms with van der Waals surface area (Å²) in [5.74, 6) is -0.239. The number of halogens is 1. The van der Waals surface area contributed by atoms with E-state index in [9.17, 15) is 9.50 Å². The van der Waals surface area contributed by atoms with Gasteiger partial charge in [-0.15, -0.1) is 11.3 Å². The van der Waals surface area contributed by atoms with Gasteiger partial charge in [0.2, 0.25) is 0 Å². The van der Waals surface area contributed by atoms with Crippen molar-refractivity contribution >= 4 is 11.3 Å². The summed E-state index contributed by atoms with van der Waals surface area (Å²) < 4.78 is 12.7. The number of hydrogen-bond donors (Lipinski definition) is 1. The summed E-state index contributed by atoms with van der Waals surface area (Å²) in [6.45, 7) is 0. The number of hydrogen-bond acceptors (Lipinski definition) is 2. The Morgan fingerprint density at radius 3 is 2.50 bits per heavy atom. The molecule has 1 unspecified atom stereocenters. The van der Waals surface area contributed by atoms with Crippen LogP contribution in [0.25, 0.3) is 0 Å². The summed E-state index contributed by atoms with van der Waals surface area (Å²) in [6, 6.07) is 10.3. The van der Waals surface area contributed by atoms with Crippen LogP contribution < -0.4 is 0 Å². The fourth-order valence-corrected chi connectivity index (χ4v) is 2.40. The molecule has 0 saturated carbocycles. The molecule has 1 nitrogen and oxygen atoms in total. The molecule has 1 atom stereocenters. The Morgan fingerprint density at radius 2 is 1.88 bits per heavy atom. The van der Waals surface area contributed by atoms with E-state index in [1.165, 1.54) is 17.0 Å². The highest BCUT2D eigenvalue weighted by Gasteiger charge is 2.07. The van der Waals surface area contributed by atoms with Crippen molar-refractivity contribution in [3.63, 3.8) is 0 Å². The van der Waals surface area contributed by atoms with Crippen molar-refractivity contribution in [3.05, 3.63) is 58.0 Å². The van der Waals surface area contributed by atoms with Crippen molar-refractivity contribution in [2.24, 2.45) is 0 Å². The minimum absolute atomic E-state index is 0.239. The van der Waals surface area contributed by atoms with E-state index in [0.29, 0.717) is 12.8 Å². The van der Waals surface area contributed by atoms with Crippen LogP contribution in [0.3, 0.4) is 0 Å². The van der Waals surface area contributed by atoms with E-state index < -0.39 is 6.10 Å². The third-order valence-corrected chi connectivity index (χ3v) is 3.30. The maximum Gasteiger partial charge on any atom is 0.123 e. The summed E-state index contributed by atoms with van der Waals surface area (Å²) in [4.78, 5) is 1.18. The molecule has 0 spiro atoms. The molecule has 0 aliphatic carbocycles. The Bertz CT molecular complexity index is 422. The van der Waals surface area contributed by atoms with E-state index in [0.717, 1.165) is 5.56 Å². The lowest BCUT2D eigenvalue weighted by Gasteiger charge is -2.09. The second kappa shape index (κ2) is 5.23. The lowest BCUT2D eigenvalue weighted by atomic mass is 10.1. The molecule has 2 aromatic rings. The van der Waals surface area contributed by atoms with E-state index >= 15 is 0 Å². The van der Waals surface area contributed by atoms with E-state index in [1.807, 2.05) is 17.5 Å². The number of aliphatic hydroxyl groups excluding tert-OH is 1. The van der Waals surface area contributed by atoms with Crippen LogP contribution >= 0.6 is 11.3 Å². The maximum absolute atomic E-state index is 12.7. The zero-order chi connectivity index (χ0) is 11.4. The fraction of sp³-hybridized carbons (Fsp3) is 0.231. The molecule has 2 rings (SSSR count). The van der Waals surface area contributed by atoms with Crippen LogP contribution in [-0.2, 0) is 12.8 Å². The van der Waals surface area contributed by atoms with Crippen LogP contribution in [0.5, 0.6) is 0 Å². The molecule has 0 aliphatic rings. The minimum Gasteiger partial charge on any atom is -0.392 e. The molecular weight excluding hydrogens is 223 g/mol. The molecule has 0 saturated heterocycles. The maximum atomic E-state index is 12.7. The van der Waals surface area contributed by atoms with Gasteiger partial charge >= 0.3 is 0 Å². The molecule has 0 radical (unpaired) electrons. The molecule has 16 heavy (non-hydrogen) atoms. The normalized spacial score (nSPS) is 12.6. The first-order valence-corrected chi connectivity index (χ1v) is 6.07. The zero-order valence-electron chi connectivity index (χ0n) is 8.77. The van der Waals surface area contributed by atoms with Gasteiger partial charge in [-0.25, -0.2) is 4.39 Å². The Labute approximate surface area is 98.2 Å². The van der Waals surface area contributed by atoms with E-state index in [2.05, 4.69) is 0 Å². The van der Waals surface area contributed by atoms with Gasteiger partial charge in [-0.2, -0.15) is 0 Å². The van der Waals surface area contributed by atoms with Crippen LogP contribution in [0.15, 0.2) is 41.8 Å². The molecule has 1 aromatic heterocycles. The highest BCUT2D eigenvalue weighted by atomic mass is 32.1. The Kier molecular flexibility index (Phi) is 3.70. The second-order valence-corrected chi connectivity index (χ2v) is 4.80. The van der Waals surface area contributed by atoms with Crippen molar-refractivity contribution in [3.8, 4) is 0 Å². The number of rotatable bonds is 4. The molecule has 3 heteroatoms. The summed E-state index contributed by atoms with van der Waals surface area (Å²) in [5.41, 5.74) is 0.963. The number of benzene rings is 1. The van der Waals surface area contributed by atoms with Crippen molar-refractivity contribution in [1.29, 1.82) is 0 Å². The topological polar surface area (TPSA) is 20.2 Å². The van der Waals surface area contributed by atoms with Gasteiger partial charge in [0.05, 0.1) is 6.10 Å². The predicted molar refractivity (Wildman–Crippen MR) is 64.1 cm³/mol. The van der Waals surface area contributed by atoms with Crippen molar-refractivity contribution < 1.29 is 9.50 Å². The average Bonchev–Trinajstić information content (AvgIpc) is 2.74. The summed E-state index contributed by atoms with van der Waals surface area (Å²) >= 11 is 1.64. The van der Waals surface area contributed by atoms with Gasteiger partial charge in [0.15, 0.2) is 0 Å². The first-order chi connectivity index (χ1) is 7.74. The molecule has 0 aliphatic heterocycles. The monoisotopic (exact) mass is 236 g/mol. The number of aliphatic hydroxyl groups is 1. The van der Waals surface area contributed by atoms with Gasteiger partial charge in [-0.3, -0.25) is 0 Å². The quantitative estimate of drug-likeness (QED) is 0.865. The third kappa shape index (κ3) is 3.15. The third-order valence-electron chi connectivity index (χ3n) is 2.40. The average molecular weight is 236 g/mol. The molecule has 0 amide bonds. The van der Waals surface area contributed by atoms with Gasteiger partial charge in [-0.1, -0.05) is 18.2 Å². The first kappa shape index (κ1) is 11.3. The van der Waals surface area contributed by atoms with Crippen LogP contribution in [0, 0.1) is 5.82 Å². The predicted octanol–water partition coefficient (Wildman–Crippen LogP) is 3.03. The largest absolute Gasteiger partial charge is 0.392 e. The van der Waals surface area contributed by atoms with Crippen LogP contribution in [0.1, 0.15) is 10.4 Å². The van der Waals surface area contributed by atoms with E-state index in [4.69, 9.17) is 0 Å². The standard InChI is InChI=1S/C13H13FOS/c14-11-5-3-10(4-6-11)8-12(15)9-13-2-1-7-16-13/h1-7,12,15H,8-9H2. The molecule has 0 fully saturated rings. The minimum atomic E-state index is -0.399. The fourth-order valence-electron chi connectivity index (χ4n) is 1.63. The zero-order valence-corrected chi connectivity index (χ0v) is 9.58. The summed E-state index contributed by atoms with van der Waals surface area (Å²) in [5, 5.41) is 11.9. The van der Waals surface area contributed by atoms with Crippen LogP contribution in [0.2, 0.25) is 0 Å². The molecule has 0 bridgehead atoms. The van der Waals surface area contributed by atoms with Gasteiger partial charge in [0, 0.05) is 11.3 Å². The smallest absolute Gasteiger partial charge is 0.123 e. The summed E-state index contributed by atoms with van der Waals surface area (Å²) in [7, 11) is 0. The van der Waals surface area contributed by atoms with Gasteiger partial charge in [-0.05, 0) is 35.6 Å². The van der Waals surface area contributed by atoms with E-state index in [1.54, 1.807) is 23.5 Å². The number of thiophene rings is 1. The molecular formula is C13H13FOS. The van der Waals surface area contributed by atoms with Crippen molar-refractivity contribution in [2.75, 3.05) is 0 Å². The molecule has 1 heterocycles. The molecule has 1 N–H and O–H groups in total. The lowest BCUT2D eigenvalue weighted by Crippen LogP contribution is -2.13. The highest BCUT2D eigenvalue weighted by molar-refractivity contribution is 7.09. The Balaban J connectivity index is 1.92. The van der Waals surface area contributed by atoms with Crippen molar-refractivity contribution in [1.82, 2.24) is 0 Å². The first-order valence-electron chi connectivity index (χ1n) is 5.19. The SMILES string of the molecule is OC(Cc1ccc(F)cc1)Cc1cccs1.